The zero-order valence-corrected chi connectivity index (χ0v) is 17.2. The SMILES string of the molecule is CCCN1C(=S)NC(c2ccccc2Br)C(C(=O)c2ccccc2)=C1C. The number of hydrogen-bond donors (Lipinski definition) is 1. The first-order valence-electron chi connectivity index (χ1n) is 8.67. The molecule has 2 aromatic carbocycles. The number of rotatable bonds is 5. The van der Waals surface area contributed by atoms with E-state index in [1.54, 1.807) is 0 Å². The van der Waals surface area contributed by atoms with Crippen LogP contribution in [0.4, 0.5) is 0 Å². The second-order valence-corrected chi connectivity index (χ2v) is 7.49. The van der Waals surface area contributed by atoms with Gasteiger partial charge in [0, 0.05) is 27.9 Å². The lowest BCUT2D eigenvalue weighted by Crippen LogP contribution is -2.48. The van der Waals surface area contributed by atoms with Crippen LogP contribution in [0.2, 0.25) is 0 Å². The summed E-state index contributed by atoms with van der Waals surface area (Å²) in [6.07, 6.45) is 0.950. The number of Topliss-reactive ketones (excluding diaryl/α,β-unsaturated/α-hetero) is 1. The van der Waals surface area contributed by atoms with Crippen LogP contribution in [-0.4, -0.2) is 22.3 Å². The van der Waals surface area contributed by atoms with Crippen molar-refractivity contribution in [3.05, 3.63) is 81.5 Å². The first kappa shape index (κ1) is 18.8. The van der Waals surface area contributed by atoms with E-state index in [4.69, 9.17) is 12.2 Å². The van der Waals surface area contributed by atoms with Crippen molar-refractivity contribution >= 4 is 39.0 Å². The Labute approximate surface area is 168 Å². The van der Waals surface area contributed by atoms with Gasteiger partial charge in [-0.05, 0) is 37.2 Å². The predicted octanol–water partition coefficient (Wildman–Crippen LogP) is 5.25. The highest BCUT2D eigenvalue weighted by Gasteiger charge is 2.34. The molecule has 2 aromatic rings. The molecule has 0 bridgehead atoms. The second kappa shape index (κ2) is 8.14. The Morgan fingerprint density at radius 1 is 1.15 bits per heavy atom. The number of thiocarbonyl (C=S) groups is 1. The summed E-state index contributed by atoms with van der Waals surface area (Å²) in [7, 11) is 0. The third-order valence-electron chi connectivity index (χ3n) is 4.54. The summed E-state index contributed by atoms with van der Waals surface area (Å²) in [5, 5.41) is 4.05. The lowest BCUT2D eigenvalue weighted by atomic mass is 9.89. The van der Waals surface area contributed by atoms with E-state index < -0.39 is 0 Å². The van der Waals surface area contributed by atoms with Gasteiger partial charge in [-0.2, -0.15) is 0 Å². The zero-order valence-electron chi connectivity index (χ0n) is 14.8. The van der Waals surface area contributed by atoms with E-state index in [1.165, 1.54) is 0 Å². The molecule has 1 N–H and O–H groups in total. The fourth-order valence-corrected chi connectivity index (χ4v) is 4.12. The fraction of sp³-hybridized carbons (Fsp3) is 0.238. The number of carbonyl (C=O) groups excluding carboxylic acids is 1. The highest BCUT2D eigenvalue weighted by molar-refractivity contribution is 9.10. The summed E-state index contributed by atoms with van der Waals surface area (Å²) in [6.45, 7) is 4.88. The topological polar surface area (TPSA) is 32.3 Å². The van der Waals surface area contributed by atoms with Crippen molar-refractivity contribution in [3.8, 4) is 0 Å². The molecule has 3 rings (SSSR count). The van der Waals surface area contributed by atoms with Crippen LogP contribution in [-0.2, 0) is 0 Å². The van der Waals surface area contributed by atoms with E-state index in [-0.39, 0.29) is 11.8 Å². The third kappa shape index (κ3) is 3.60. The van der Waals surface area contributed by atoms with E-state index in [2.05, 4.69) is 28.2 Å². The summed E-state index contributed by atoms with van der Waals surface area (Å²) < 4.78 is 0.954. The number of halogens is 1. The van der Waals surface area contributed by atoms with Crippen LogP contribution in [0.15, 0.2) is 70.3 Å². The molecule has 0 aromatic heterocycles. The van der Waals surface area contributed by atoms with Gasteiger partial charge in [-0.1, -0.05) is 71.4 Å². The molecule has 0 saturated heterocycles. The molecule has 1 unspecified atom stereocenters. The maximum Gasteiger partial charge on any atom is 0.193 e. The minimum absolute atomic E-state index is 0.0277. The Balaban J connectivity index is 2.15. The van der Waals surface area contributed by atoms with Crippen molar-refractivity contribution in [2.45, 2.75) is 26.3 Å². The van der Waals surface area contributed by atoms with Crippen LogP contribution in [0.25, 0.3) is 0 Å². The largest absolute Gasteiger partial charge is 0.351 e. The minimum atomic E-state index is -0.279. The van der Waals surface area contributed by atoms with Gasteiger partial charge in [0.2, 0.25) is 0 Å². The zero-order chi connectivity index (χ0) is 18.7. The molecule has 0 aliphatic carbocycles. The third-order valence-corrected chi connectivity index (χ3v) is 5.60. The summed E-state index contributed by atoms with van der Waals surface area (Å²) >= 11 is 9.22. The number of carbonyl (C=O) groups is 1. The van der Waals surface area contributed by atoms with Gasteiger partial charge in [0.1, 0.15) is 0 Å². The van der Waals surface area contributed by atoms with E-state index in [0.717, 1.165) is 34.3 Å². The van der Waals surface area contributed by atoms with E-state index in [9.17, 15) is 4.79 Å². The van der Waals surface area contributed by atoms with E-state index >= 15 is 0 Å². The maximum absolute atomic E-state index is 13.4. The summed E-state index contributed by atoms with van der Waals surface area (Å²) in [4.78, 5) is 15.4. The molecule has 134 valence electrons. The van der Waals surface area contributed by atoms with Crippen molar-refractivity contribution in [3.63, 3.8) is 0 Å². The normalized spacial score (nSPS) is 17.3. The molecule has 1 aliphatic rings. The van der Waals surface area contributed by atoms with Crippen LogP contribution < -0.4 is 5.32 Å². The number of nitrogens with one attached hydrogen (secondary N) is 1. The van der Waals surface area contributed by atoms with Gasteiger partial charge in [-0.15, -0.1) is 0 Å². The molecule has 5 heteroatoms. The quantitative estimate of drug-likeness (QED) is 0.520. The molecule has 0 amide bonds. The molecule has 1 heterocycles. The molecule has 0 fully saturated rings. The summed E-state index contributed by atoms with van der Waals surface area (Å²) in [6, 6.07) is 17.1. The molecular weight excluding hydrogens is 408 g/mol. The highest BCUT2D eigenvalue weighted by Crippen LogP contribution is 2.35. The van der Waals surface area contributed by atoms with Gasteiger partial charge in [0.05, 0.1) is 6.04 Å². The van der Waals surface area contributed by atoms with Crippen LogP contribution in [0, 0.1) is 0 Å². The van der Waals surface area contributed by atoms with Gasteiger partial charge in [-0.25, -0.2) is 0 Å². The molecular formula is C21H21BrN2OS. The number of allylic oxidation sites excluding steroid dienone is 1. The molecule has 3 nitrogen and oxygen atoms in total. The Bertz CT molecular complexity index is 863. The van der Waals surface area contributed by atoms with Crippen molar-refractivity contribution in [2.75, 3.05) is 6.54 Å². The average Bonchev–Trinajstić information content (AvgIpc) is 2.65. The second-order valence-electron chi connectivity index (χ2n) is 6.25. The molecule has 0 saturated carbocycles. The van der Waals surface area contributed by atoms with Crippen molar-refractivity contribution in [2.24, 2.45) is 0 Å². The number of hydrogen-bond acceptors (Lipinski definition) is 2. The molecule has 26 heavy (non-hydrogen) atoms. The van der Waals surface area contributed by atoms with Gasteiger partial charge < -0.3 is 10.2 Å². The van der Waals surface area contributed by atoms with Crippen LogP contribution in [0.3, 0.4) is 0 Å². The number of benzene rings is 2. The monoisotopic (exact) mass is 428 g/mol. The number of nitrogens with zero attached hydrogens (tertiary/aromatic N) is 1. The summed E-state index contributed by atoms with van der Waals surface area (Å²) in [5.74, 6) is 0.0277. The van der Waals surface area contributed by atoms with Gasteiger partial charge in [0.25, 0.3) is 0 Å². The Morgan fingerprint density at radius 3 is 2.46 bits per heavy atom. The van der Waals surface area contributed by atoms with Crippen LogP contribution >= 0.6 is 28.1 Å². The van der Waals surface area contributed by atoms with Crippen molar-refractivity contribution < 1.29 is 4.79 Å². The summed E-state index contributed by atoms with van der Waals surface area (Å²) in [5.41, 5.74) is 3.35. The van der Waals surface area contributed by atoms with Gasteiger partial charge in [-0.3, -0.25) is 4.79 Å². The molecule has 1 aliphatic heterocycles. The maximum atomic E-state index is 13.4. The van der Waals surface area contributed by atoms with Gasteiger partial charge >= 0.3 is 0 Å². The van der Waals surface area contributed by atoms with Gasteiger partial charge in [0.15, 0.2) is 10.9 Å². The Kier molecular flexibility index (Phi) is 5.89. The van der Waals surface area contributed by atoms with Crippen molar-refractivity contribution in [1.29, 1.82) is 0 Å². The van der Waals surface area contributed by atoms with Crippen LogP contribution in [0.1, 0.15) is 42.2 Å². The first-order valence-corrected chi connectivity index (χ1v) is 9.87. The first-order chi connectivity index (χ1) is 12.5. The fourth-order valence-electron chi connectivity index (χ4n) is 3.26. The average molecular weight is 429 g/mol. The molecule has 1 atom stereocenters. The number of ketones is 1. The van der Waals surface area contributed by atoms with Crippen molar-refractivity contribution in [1.82, 2.24) is 10.2 Å². The van der Waals surface area contributed by atoms with E-state index in [0.29, 0.717) is 10.7 Å². The van der Waals surface area contributed by atoms with E-state index in [1.807, 2.05) is 66.4 Å². The predicted molar refractivity (Wildman–Crippen MR) is 113 cm³/mol. The lowest BCUT2D eigenvalue weighted by molar-refractivity contribution is 0.102. The van der Waals surface area contributed by atoms with Crippen LogP contribution in [0.5, 0.6) is 0 Å². The minimum Gasteiger partial charge on any atom is -0.351 e. The molecule has 0 spiro atoms. The smallest absolute Gasteiger partial charge is 0.193 e. The standard InChI is InChI=1S/C21H21BrN2OS/c1-3-13-24-14(2)18(20(25)15-9-5-4-6-10-15)19(23-21(24)26)16-11-7-8-12-17(16)22/h4-12,19H,3,13H2,1-2H3,(H,23,26). The molecule has 0 radical (unpaired) electrons. The Morgan fingerprint density at radius 2 is 1.81 bits per heavy atom. The Hall–Kier alpha value is -1.98. The highest BCUT2D eigenvalue weighted by atomic mass is 79.9. The lowest BCUT2D eigenvalue weighted by Gasteiger charge is -2.38.